The van der Waals surface area contributed by atoms with E-state index in [-0.39, 0.29) is 30.1 Å². The second-order valence-electron chi connectivity index (χ2n) is 9.32. The summed E-state index contributed by atoms with van der Waals surface area (Å²) in [7, 11) is 4.56. The Kier molecular flexibility index (Phi) is 6.60. The van der Waals surface area contributed by atoms with Gasteiger partial charge in [-0.3, -0.25) is 0 Å². The second kappa shape index (κ2) is 9.86. The lowest BCUT2D eigenvalue weighted by Crippen LogP contribution is -2.23. The third-order valence-corrected chi connectivity index (χ3v) is 7.27. The van der Waals surface area contributed by atoms with Crippen molar-refractivity contribution < 1.29 is 38.3 Å². The number of hydrogen-bond acceptors (Lipinski definition) is 8. The molecule has 0 saturated heterocycles. The Bertz CT molecular complexity index is 1330. The summed E-state index contributed by atoms with van der Waals surface area (Å²) >= 11 is 0. The number of ether oxygens (including phenoxy) is 6. The molecule has 1 heterocycles. The highest BCUT2D eigenvalue weighted by Gasteiger charge is 2.38. The Hall–Kier alpha value is -3.91. The van der Waals surface area contributed by atoms with Gasteiger partial charge in [0.15, 0.2) is 23.0 Å². The molecule has 8 heteroatoms. The molecular formula is C29H30O8. The number of aliphatic hydroxyl groups is 1. The maximum absolute atomic E-state index is 13.3. The van der Waals surface area contributed by atoms with Crippen LogP contribution in [0.25, 0.3) is 11.1 Å². The Morgan fingerprint density at radius 2 is 1.65 bits per heavy atom. The van der Waals surface area contributed by atoms with Gasteiger partial charge < -0.3 is 33.5 Å². The van der Waals surface area contributed by atoms with Crippen LogP contribution in [0.1, 0.15) is 41.4 Å². The highest BCUT2D eigenvalue weighted by molar-refractivity contribution is 5.95. The lowest BCUT2D eigenvalue weighted by atomic mass is 9.76. The summed E-state index contributed by atoms with van der Waals surface area (Å²) in [5.74, 6) is 1.59. The van der Waals surface area contributed by atoms with Crippen LogP contribution in [0.3, 0.4) is 0 Å². The van der Waals surface area contributed by atoms with Crippen molar-refractivity contribution in [1.82, 2.24) is 0 Å². The Morgan fingerprint density at radius 3 is 2.32 bits per heavy atom. The molecule has 1 N–H and O–H groups in total. The van der Waals surface area contributed by atoms with Crippen LogP contribution in [0, 0.1) is 11.8 Å². The molecule has 0 amide bonds. The largest absolute Gasteiger partial charge is 0.493 e. The molecule has 0 bridgehead atoms. The predicted molar refractivity (Wildman–Crippen MR) is 136 cm³/mol. The fourth-order valence-corrected chi connectivity index (χ4v) is 5.11. The van der Waals surface area contributed by atoms with E-state index in [1.807, 2.05) is 19.1 Å². The molecule has 8 nitrogen and oxygen atoms in total. The summed E-state index contributed by atoms with van der Waals surface area (Å²) < 4.78 is 34.8. The highest BCUT2D eigenvalue weighted by Crippen LogP contribution is 2.58. The molecule has 3 aromatic rings. The van der Waals surface area contributed by atoms with Crippen molar-refractivity contribution in [2.45, 2.75) is 26.4 Å². The number of carbonyl (C=O) groups excluding carboxylic acids is 1. The standard InChI is InChI=1S/C29H30O8/c1-15-11-18-12-20(32-3)25(33-4)28(37-29(31)17-9-7-6-8-10-17)22(18)23-19(24(30)16(15)2)13-21-26(27(23)34-5)36-14-35-21/h6-10,12-13,15-16,24,30H,11,14H2,1-5H3/t15-,16-,24+/m1/s1. The van der Waals surface area contributed by atoms with E-state index in [1.54, 1.807) is 37.4 Å². The monoisotopic (exact) mass is 506 g/mol. The fourth-order valence-electron chi connectivity index (χ4n) is 5.11. The summed E-state index contributed by atoms with van der Waals surface area (Å²) in [4.78, 5) is 13.3. The van der Waals surface area contributed by atoms with Gasteiger partial charge in [-0.15, -0.1) is 0 Å². The van der Waals surface area contributed by atoms with Crippen LogP contribution in [0.4, 0.5) is 0 Å². The van der Waals surface area contributed by atoms with E-state index in [1.165, 1.54) is 14.2 Å². The predicted octanol–water partition coefficient (Wildman–Crippen LogP) is 5.19. The minimum Gasteiger partial charge on any atom is -0.493 e. The quantitative estimate of drug-likeness (QED) is 0.373. The summed E-state index contributed by atoms with van der Waals surface area (Å²) in [6.07, 6.45) is -0.256. The number of carbonyl (C=O) groups is 1. The Morgan fingerprint density at radius 1 is 0.919 bits per heavy atom. The average Bonchev–Trinajstić information content (AvgIpc) is 3.39. The van der Waals surface area contributed by atoms with Gasteiger partial charge in [0.2, 0.25) is 18.3 Å². The molecule has 5 rings (SSSR count). The molecule has 3 aromatic carbocycles. The molecule has 1 aliphatic carbocycles. The first-order valence-corrected chi connectivity index (χ1v) is 12.1. The van der Waals surface area contributed by atoms with Gasteiger partial charge in [-0.25, -0.2) is 4.79 Å². The van der Waals surface area contributed by atoms with E-state index in [2.05, 4.69) is 6.92 Å². The Labute approximate surface area is 215 Å². The highest BCUT2D eigenvalue weighted by atomic mass is 16.7. The number of esters is 1. The van der Waals surface area contributed by atoms with Gasteiger partial charge in [-0.2, -0.15) is 0 Å². The van der Waals surface area contributed by atoms with Crippen molar-refractivity contribution in [2.75, 3.05) is 28.1 Å². The van der Waals surface area contributed by atoms with Crippen molar-refractivity contribution in [2.24, 2.45) is 11.8 Å². The zero-order chi connectivity index (χ0) is 26.3. The molecule has 0 radical (unpaired) electrons. The lowest BCUT2D eigenvalue weighted by molar-refractivity contribution is 0.0729. The van der Waals surface area contributed by atoms with Gasteiger partial charge >= 0.3 is 5.97 Å². The van der Waals surface area contributed by atoms with Crippen LogP contribution in [0.15, 0.2) is 42.5 Å². The van der Waals surface area contributed by atoms with Gasteiger partial charge in [-0.05, 0) is 53.6 Å². The summed E-state index contributed by atoms with van der Waals surface area (Å²) in [6.45, 7) is 4.13. The SMILES string of the molecule is COc1cc2c(c(OC(=O)c3ccccc3)c1OC)-c1c(cc3c(c1OC)OCO3)[C@@H](O)[C@H](C)[C@H](C)C2. The summed E-state index contributed by atoms with van der Waals surface area (Å²) in [5.41, 5.74) is 2.96. The number of hydrogen-bond donors (Lipinski definition) is 1. The van der Waals surface area contributed by atoms with Crippen LogP contribution in [0.2, 0.25) is 0 Å². The minimum absolute atomic E-state index is 0.0330. The normalized spacial score (nSPS) is 19.7. The van der Waals surface area contributed by atoms with E-state index in [4.69, 9.17) is 28.4 Å². The van der Waals surface area contributed by atoms with Gasteiger partial charge in [0.25, 0.3) is 0 Å². The van der Waals surface area contributed by atoms with Crippen LogP contribution >= 0.6 is 0 Å². The summed E-state index contributed by atoms with van der Waals surface area (Å²) in [5, 5.41) is 11.5. The minimum atomic E-state index is -0.840. The zero-order valence-corrected chi connectivity index (χ0v) is 21.5. The average molecular weight is 507 g/mol. The topological polar surface area (TPSA) is 92.7 Å². The lowest BCUT2D eigenvalue weighted by Gasteiger charge is -2.33. The number of methoxy groups -OCH3 is 3. The van der Waals surface area contributed by atoms with Crippen molar-refractivity contribution in [3.63, 3.8) is 0 Å². The molecule has 2 aliphatic rings. The molecule has 0 aromatic heterocycles. The fraction of sp³-hybridized carbons (Fsp3) is 0.345. The van der Waals surface area contributed by atoms with Gasteiger partial charge in [0, 0.05) is 11.1 Å². The Balaban J connectivity index is 1.86. The first kappa shape index (κ1) is 24.8. The van der Waals surface area contributed by atoms with E-state index in [0.717, 1.165) is 5.56 Å². The molecule has 194 valence electrons. The van der Waals surface area contributed by atoms with Crippen LogP contribution in [-0.4, -0.2) is 39.2 Å². The second-order valence-corrected chi connectivity index (χ2v) is 9.32. The maximum atomic E-state index is 13.3. The van der Waals surface area contributed by atoms with E-state index < -0.39 is 12.1 Å². The number of rotatable bonds is 5. The van der Waals surface area contributed by atoms with Crippen LogP contribution in [0.5, 0.6) is 34.5 Å². The van der Waals surface area contributed by atoms with Crippen molar-refractivity contribution in [3.8, 4) is 45.6 Å². The zero-order valence-electron chi connectivity index (χ0n) is 21.5. The molecular weight excluding hydrogens is 476 g/mol. The van der Waals surface area contributed by atoms with Gasteiger partial charge in [0.1, 0.15) is 0 Å². The molecule has 0 fully saturated rings. The van der Waals surface area contributed by atoms with Crippen molar-refractivity contribution in [3.05, 3.63) is 59.2 Å². The van der Waals surface area contributed by atoms with Crippen LogP contribution < -0.4 is 28.4 Å². The molecule has 37 heavy (non-hydrogen) atoms. The smallest absolute Gasteiger partial charge is 0.343 e. The summed E-state index contributed by atoms with van der Waals surface area (Å²) in [6, 6.07) is 12.4. The van der Waals surface area contributed by atoms with E-state index in [9.17, 15) is 9.90 Å². The third kappa shape index (κ3) is 4.11. The number of fused-ring (bicyclic) bond motifs is 4. The molecule has 3 atom stereocenters. The van der Waals surface area contributed by atoms with Crippen molar-refractivity contribution in [1.29, 1.82) is 0 Å². The van der Waals surface area contributed by atoms with E-state index in [0.29, 0.717) is 51.7 Å². The number of benzene rings is 3. The maximum Gasteiger partial charge on any atom is 0.343 e. The van der Waals surface area contributed by atoms with Crippen molar-refractivity contribution >= 4 is 5.97 Å². The molecule has 0 saturated carbocycles. The van der Waals surface area contributed by atoms with E-state index >= 15 is 0 Å². The van der Waals surface area contributed by atoms with Crippen LogP contribution in [-0.2, 0) is 6.42 Å². The molecule has 0 spiro atoms. The first-order valence-electron chi connectivity index (χ1n) is 12.1. The molecule has 1 aliphatic heterocycles. The van der Waals surface area contributed by atoms with Gasteiger partial charge in [0.05, 0.1) is 33.0 Å². The first-order chi connectivity index (χ1) is 17.9. The molecule has 0 unspecified atom stereocenters. The number of aliphatic hydroxyl groups excluding tert-OH is 1. The van der Waals surface area contributed by atoms with Gasteiger partial charge in [-0.1, -0.05) is 32.0 Å². The third-order valence-electron chi connectivity index (χ3n) is 7.27.